The van der Waals surface area contributed by atoms with Crippen LogP contribution in [0.25, 0.3) is 11.6 Å². The maximum atomic E-state index is 9.68. The molecular weight excluding hydrogens is 322 g/mol. The maximum Gasteiger partial charge on any atom is 0.174 e. The first-order valence-corrected chi connectivity index (χ1v) is 9.74. The molecule has 5 heteroatoms. The molecule has 0 unspecified atom stereocenters. The van der Waals surface area contributed by atoms with Gasteiger partial charge >= 0.3 is 0 Å². The highest BCUT2D eigenvalue weighted by atomic mass is 15.3. The fourth-order valence-electron chi connectivity index (χ4n) is 3.93. The molecule has 1 saturated heterocycles. The normalized spacial score (nSPS) is 18.1. The number of piperidine rings is 1. The number of aryl methyl sites for hydroxylation is 1. The van der Waals surface area contributed by atoms with E-state index in [1.165, 1.54) is 31.4 Å². The molecule has 4 rings (SSSR count). The summed E-state index contributed by atoms with van der Waals surface area (Å²) in [7, 11) is 0. The van der Waals surface area contributed by atoms with Crippen molar-refractivity contribution in [3.63, 3.8) is 0 Å². The van der Waals surface area contributed by atoms with Crippen LogP contribution in [-0.2, 0) is 13.0 Å². The molecule has 26 heavy (non-hydrogen) atoms. The van der Waals surface area contributed by atoms with Gasteiger partial charge in [0.25, 0.3) is 0 Å². The van der Waals surface area contributed by atoms with E-state index in [1.807, 2.05) is 6.08 Å². The van der Waals surface area contributed by atoms with Gasteiger partial charge in [0.1, 0.15) is 11.9 Å². The van der Waals surface area contributed by atoms with Crippen LogP contribution in [0.1, 0.15) is 55.7 Å². The van der Waals surface area contributed by atoms with Crippen molar-refractivity contribution in [1.29, 1.82) is 5.26 Å². The van der Waals surface area contributed by atoms with Gasteiger partial charge < -0.3 is 9.47 Å². The second-order valence-electron chi connectivity index (χ2n) is 7.21. The van der Waals surface area contributed by atoms with Gasteiger partial charge in [0, 0.05) is 31.7 Å². The first kappa shape index (κ1) is 16.8. The van der Waals surface area contributed by atoms with Gasteiger partial charge in [0.2, 0.25) is 0 Å². The van der Waals surface area contributed by atoms with E-state index in [2.05, 4.69) is 50.0 Å². The number of allylic oxidation sites excluding steroid dienone is 1. The Balaban J connectivity index is 1.58. The predicted molar refractivity (Wildman–Crippen MR) is 104 cm³/mol. The summed E-state index contributed by atoms with van der Waals surface area (Å²) in [4.78, 5) is 2.45. The van der Waals surface area contributed by atoms with Crippen LogP contribution in [0.2, 0.25) is 0 Å². The molecule has 1 aromatic heterocycles. The number of fused-ring (bicyclic) bond motifs is 1. The Kier molecular flexibility index (Phi) is 5.01. The van der Waals surface area contributed by atoms with Gasteiger partial charge in [-0.3, -0.25) is 0 Å². The van der Waals surface area contributed by atoms with Crippen LogP contribution in [0.4, 0.5) is 5.69 Å². The van der Waals surface area contributed by atoms with Gasteiger partial charge in [-0.05, 0) is 55.9 Å². The number of anilines is 1. The molecule has 0 bridgehead atoms. The molecule has 1 aromatic carbocycles. The first-order chi connectivity index (χ1) is 12.8. The SMILES string of the molecule is N#C/C(=C/c1ccc(N2CCCCC2)cc1)c1nnc2n1CCCCC2. The molecule has 0 N–H and O–H groups in total. The molecule has 0 atom stereocenters. The number of rotatable bonds is 3. The average Bonchev–Trinajstić information content (AvgIpc) is 2.95. The number of nitrogens with zero attached hydrogens (tertiary/aromatic N) is 5. The molecule has 1 fully saturated rings. The highest BCUT2D eigenvalue weighted by molar-refractivity contribution is 5.87. The summed E-state index contributed by atoms with van der Waals surface area (Å²) in [6.07, 6.45) is 10.3. The molecule has 0 radical (unpaired) electrons. The lowest BCUT2D eigenvalue weighted by Gasteiger charge is -2.28. The molecule has 0 saturated carbocycles. The fourth-order valence-corrected chi connectivity index (χ4v) is 3.93. The molecule has 134 valence electrons. The zero-order valence-electron chi connectivity index (χ0n) is 15.2. The van der Waals surface area contributed by atoms with Crippen molar-refractivity contribution in [3.05, 3.63) is 41.5 Å². The molecule has 5 nitrogen and oxygen atoms in total. The minimum Gasteiger partial charge on any atom is -0.372 e. The molecular formula is C21H25N5. The van der Waals surface area contributed by atoms with Crippen molar-refractivity contribution < 1.29 is 0 Å². The summed E-state index contributed by atoms with van der Waals surface area (Å²) in [6.45, 7) is 3.19. The standard InChI is InChI=1S/C21H25N5/c22-16-18(21-24-23-20-7-3-1-6-14-26(20)21)15-17-8-10-19(11-9-17)25-12-4-2-5-13-25/h8-11,15H,1-7,12-14H2/b18-15-. The van der Waals surface area contributed by atoms with Crippen LogP contribution >= 0.6 is 0 Å². The van der Waals surface area contributed by atoms with Crippen molar-refractivity contribution in [3.8, 4) is 6.07 Å². The van der Waals surface area contributed by atoms with E-state index in [1.54, 1.807) is 0 Å². The Morgan fingerprint density at radius 3 is 2.42 bits per heavy atom. The van der Waals surface area contributed by atoms with E-state index >= 15 is 0 Å². The van der Waals surface area contributed by atoms with Crippen LogP contribution in [-0.4, -0.2) is 27.9 Å². The maximum absolute atomic E-state index is 9.68. The number of nitriles is 1. The van der Waals surface area contributed by atoms with Crippen molar-refractivity contribution in [2.45, 2.75) is 51.5 Å². The van der Waals surface area contributed by atoms with Gasteiger partial charge in [-0.25, -0.2) is 0 Å². The number of hydrogen-bond acceptors (Lipinski definition) is 4. The van der Waals surface area contributed by atoms with Crippen LogP contribution in [0, 0.1) is 11.3 Å². The highest BCUT2D eigenvalue weighted by Crippen LogP contribution is 2.24. The van der Waals surface area contributed by atoms with Crippen LogP contribution < -0.4 is 4.90 Å². The van der Waals surface area contributed by atoms with Gasteiger partial charge in [0.15, 0.2) is 5.82 Å². The van der Waals surface area contributed by atoms with Gasteiger partial charge in [0.05, 0.1) is 5.57 Å². The Morgan fingerprint density at radius 1 is 0.923 bits per heavy atom. The Morgan fingerprint density at radius 2 is 1.65 bits per heavy atom. The average molecular weight is 347 g/mol. The second kappa shape index (κ2) is 7.74. The quantitative estimate of drug-likeness (QED) is 0.786. The largest absolute Gasteiger partial charge is 0.372 e. The minimum absolute atomic E-state index is 0.594. The van der Waals surface area contributed by atoms with Crippen molar-refractivity contribution in [2.24, 2.45) is 0 Å². The Labute approximate surface area is 155 Å². The molecule has 0 spiro atoms. The van der Waals surface area contributed by atoms with Crippen molar-refractivity contribution in [2.75, 3.05) is 18.0 Å². The van der Waals surface area contributed by atoms with Crippen LogP contribution in [0.5, 0.6) is 0 Å². The van der Waals surface area contributed by atoms with E-state index < -0.39 is 0 Å². The molecule has 0 amide bonds. The van der Waals surface area contributed by atoms with Crippen molar-refractivity contribution >= 4 is 17.3 Å². The minimum atomic E-state index is 0.594. The lowest BCUT2D eigenvalue weighted by Crippen LogP contribution is -2.29. The van der Waals surface area contributed by atoms with Gasteiger partial charge in [-0.1, -0.05) is 18.6 Å². The molecule has 0 aliphatic carbocycles. The summed E-state index contributed by atoms with van der Waals surface area (Å²) in [5, 5.41) is 18.3. The number of benzene rings is 1. The van der Waals surface area contributed by atoms with Crippen LogP contribution in [0.15, 0.2) is 24.3 Å². The summed E-state index contributed by atoms with van der Waals surface area (Å²) in [6, 6.07) is 10.9. The number of aromatic nitrogens is 3. The third-order valence-electron chi connectivity index (χ3n) is 5.40. The van der Waals surface area contributed by atoms with E-state index in [9.17, 15) is 5.26 Å². The topological polar surface area (TPSA) is 57.7 Å². The Bertz CT molecular complexity index is 819. The zero-order chi connectivity index (χ0) is 17.8. The van der Waals surface area contributed by atoms with E-state index in [0.29, 0.717) is 11.4 Å². The van der Waals surface area contributed by atoms with E-state index in [4.69, 9.17) is 0 Å². The summed E-state index contributed by atoms with van der Waals surface area (Å²) < 4.78 is 2.13. The van der Waals surface area contributed by atoms with E-state index in [-0.39, 0.29) is 0 Å². The second-order valence-corrected chi connectivity index (χ2v) is 7.21. The summed E-state index contributed by atoms with van der Waals surface area (Å²) in [5.41, 5.74) is 2.90. The van der Waals surface area contributed by atoms with Crippen molar-refractivity contribution in [1.82, 2.24) is 14.8 Å². The predicted octanol–water partition coefficient (Wildman–Crippen LogP) is 4.06. The lowest BCUT2D eigenvalue weighted by atomic mass is 10.1. The fraction of sp³-hybridized carbons (Fsp3) is 0.476. The third kappa shape index (κ3) is 3.50. The zero-order valence-corrected chi connectivity index (χ0v) is 15.2. The number of hydrogen-bond donors (Lipinski definition) is 0. The molecule has 2 aliphatic rings. The molecule has 2 aromatic rings. The first-order valence-electron chi connectivity index (χ1n) is 9.74. The smallest absolute Gasteiger partial charge is 0.174 e. The monoisotopic (exact) mass is 347 g/mol. The molecule has 2 aliphatic heterocycles. The van der Waals surface area contributed by atoms with Gasteiger partial charge in [-0.15, -0.1) is 10.2 Å². The third-order valence-corrected chi connectivity index (χ3v) is 5.40. The van der Waals surface area contributed by atoms with Crippen LogP contribution in [0.3, 0.4) is 0 Å². The summed E-state index contributed by atoms with van der Waals surface area (Å²) in [5.74, 6) is 1.73. The Hall–Kier alpha value is -2.61. The van der Waals surface area contributed by atoms with Gasteiger partial charge in [-0.2, -0.15) is 5.26 Å². The molecule has 3 heterocycles. The highest BCUT2D eigenvalue weighted by Gasteiger charge is 2.17. The lowest BCUT2D eigenvalue weighted by molar-refractivity contribution is 0.578. The summed E-state index contributed by atoms with van der Waals surface area (Å²) >= 11 is 0. The van der Waals surface area contributed by atoms with E-state index in [0.717, 1.165) is 50.3 Å².